The van der Waals surface area contributed by atoms with Gasteiger partial charge in [0.15, 0.2) is 5.82 Å². The zero-order valence-corrected chi connectivity index (χ0v) is 13.2. The van der Waals surface area contributed by atoms with Crippen LogP contribution < -0.4 is 11.1 Å². The van der Waals surface area contributed by atoms with Gasteiger partial charge in [-0.3, -0.25) is 14.8 Å². The molecule has 1 aromatic rings. The maximum absolute atomic E-state index is 11.1. The van der Waals surface area contributed by atoms with Gasteiger partial charge in [0.2, 0.25) is 5.88 Å². The van der Waals surface area contributed by atoms with Crippen LogP contribution >= 0.6 is 0 Å². The van der Waals surface area contributed by atoms with Crippen LogP contribution in [0.3, 0.4) is 0 Å². The molecule has 2 rings (SSSR count). The van der Waals surface area contributed by atoms with Crippen LogP contribution in [0.5, 0.6) is 0 Å². The summed E-state index contributed by atoms with van der Waals surface area (Å²) in [7, 11) is 0. The van der Waals surface area contributed by atoms with Crippen LogP contribution in [-0.2, 0) is 10.3 Å². The highest BCUT2D eigenvalue weighted by atomic mass is 16.7. The monoisotopic (exact) mass is 314 g/mol. The highest BCUT2D eigenvalue weighted by molar-refractivity contribution is 5.77. The molecule has 2 heterocycles. The summed E-state index contributed by atoms with van der Waals surface area (Å²) < 4.78 is 4.33. The van der Waals surface area contributed by atoms with Crippen LogP contribution in [0.25, 0.3) is 0 Å². The van der Waals surface area contributed by atoms with Crippen molar-refractivity contribution in [2.75, 3.05) is 0 Å². The lowest BCUT2D eigenvalue weighted by Crippen LogP contribution is -2.42. The van der Waals surface area contributed by atoms with Crippen molar-refractivity contribution in [3.63, 3.8) is 0 Å². The van der Waals surface area contributed by atoms with E-state index >= 15 is 0 Å². The number of aromatic amines is 1. The second kappa shape index (κ2) is 6.67. The molecule has 8 nitrogen and oxygen atoms in total. The van der Waals surface area contributed by atoms with E-state index in [-0.39, 0.29) is 30.3 Å². The quantitative estimate of drug-likeness (QED) is 0.766. The molecule has 0 unspecified atom stereocenters. The van der Waals surface area contributed by atoms with Gasteiger partial charge >= 0.3 is 11.8 Å². The van der Waals surface area contributed by atoms with Crippen LogP contribution in [0.15, 0.2) is 21.8 Å². The summed E-state index contributed by atoms with van der Waals surface area (Å²) in [6, 6.07) is -0.262. The number of hydrogen-bond donors (Lipinski definition) is 2. The van der Waals surface area contributed by atoms with Gasteiger partial charge in [0.25, 0.3) is 0 Å². The summed E-state index contributed by atoms with van der Waals surface area (Å²) in [4.78, 5) is 29.0. The summed E-state index contributed by atoms with van der Waals surface area (Å²) in [6.45, 7) is 14.9. The van der Waals surface area contributed by atoms with E-state index in [0.717, 1.165) is 0 Å². The van der Waals surface area contributed by atoms with Gasteiger partial charge in [0, 0.05) is 5.41 Å². The van der Waals surface area contributed by atoms with E-state index in [1.54, 1.807) is 0 Å². The number of nitrogens with zero attached hydrogens (tertiary/aromatic N) is 2. The first kappa shape index (κ1) is 19.8. The molecule has 0 aliphatic carbocycles. The molecule has 0 aromatic carbocycles. The Kier molecular flexibility index (Phi) is 5.99. The average Bonchev–Trinajstić information content (AvgIpc) is 2.84. The number of nitrogens with one attached hydrogen (secondary N) is 2. The number of amides is 2. The van der Waals surface area contributed by atoms with Crippen molar-refractivity contribution in [1.29, 1.82) is 0 Å². The minimum absolute atomic E-state index is 0. The predicted molar refractivity (Wildman–Crippen MR) is 82.9 cm³/mol. The van der Waals surface area contributed by atoms with E-state index in [9.17, 15) is 9.59 Å². The molecule has 1 aromatic heterocycles. The fourth-order valence-corrected chi connectivity index (χ4v) is 1.34. The zero-order chi connectivity index (χ0) is 16.4. The van der Waals surface area contributed by atoms with Crippen LogP contribution in [0.4, 0.5) is 4.79 Å². The number of rotatable bonds is 0. The van der Waals surface area contributed by atoms with Crippen molar-refractivity contribution < 1.29 is 14.2 Å². The molecular formula is C14H26N4O4. The van der Waals surface area contributed by atoms with Gasteiger partial charge in [-0.1, -0.05) is 33.4 Å². The van der Waals surface area contributed by atoms with E-state index < -0.39 is 5.76 Å². The molecule has 0 bridgehead atoms. The number of carbonyl (C=O) groups is 1. The second-order valence-electron chi connectivity index (χ2n) is 6.60. The molecule has 0 atom stereocenters. The Bertz CT molecular complexity index is 575. The number of hydroxylamine groups is 2. The Morgan fingerprint density at radius 3 is 1.86 bits per heavy atom. The van der Waals surface area contributed by atoms with Crippen molar-refractivity contribution in [2.24, 2.45) is 0 Å². The first-order chi connectivity index (χ1) is 9.41. The van der Waals surface area contributed by atoms with Crippen LogP contribution in [0, 0.1) is 0 Å². The molecule has 126 valence electrons. The highest BCUT2D eigenvalue weighted by Gasteiger charge is 2.34. The van der Waals surface area contributed by atoms with Crippen LogP contribution in [0.2, 0.25) is 0 Å². The second-order valence-corrected chi connectivity index (χ2v) is 6.60. The SMILES string of the molecule is C.C=C1NC(=O)N(C(C)(C)C)O1.CC(C)(C)c1noc(=O)[nH]1. The average molecular weight is 314 g/mol. The maximum Gasteiger partial charge on any atom is 0.438 e. The Hall–Kier alpha value is -2.25. The lowest BCUT2D eigenvalue weighted by molar-refractivity contribution is -0.106. The third kappa shape index (κ3) is 5.27. The predicted octanol–water partition coefficient (Wildman–Crippen LogP) is 2.51. The Balaban J connectivity index is 0.000000385. The Morgan fingerprint density at radius 2 is 1.68 bits per heavy atom. The summed E-state index contributed by atoms with van der Waals surface area (Å²) in [6.07, 6.45) is 0. The van der Waals surface area contributed by atoms with E-state index in [1.807, 2.05) is 41.5 Å². The Morgan fingerprint density at radius 1 is 1.14 bits per heavy atom. The van der Waals surface area contributed by atoms with Gasteiger partial charge in [0.1, 0.15) is 0 Å². The summed E-state index contributed by atoms with van der Waals surface area (Å²) in [5.41, 5.74) is -0.477. The molecule has 22 heavy (non-hydrogen) atoms. The smallest absolute Gasteiger partial charge is 0.357 e. The van der Waals surface area contributed by atoms with E-state index in [4.69, 9.17) is 4.84 Å². The van der Waals surface area contributed by atoms with Crippen LogP contribution in [-0.4, -0.2) is 26.8 Å². The van der Waals surface area contributed by atoms with E-state index in [1.165, 1.54) is 5.06 Å². The zero-order valence-electron chi connectivity index (χ0n) is 13.2. The number of H-pyrrole nitrogens is 1. The third-order valence-electron chi connectivity index (χ3n) is 2.39. The van der Waals surface area contributed by atoms with E-state index in [2.05, 4.69) is 26.6 Å². The fraction of sp³-hybridized carbons (Fsp3) is 0.643. The number of carbonyl (C=O) groups excluding carboxylic acids is 1. The third-order valence-corrected chi connectivity index (χ3v) is 2.39. The maximum atomic E-state index is 11.1. The van der Waals surface area contributed by atoms with E-state index in [0.29, 0.717) is 5.82 Å². The summed E-state index contributed by atoms with van der Waals surface area (Å²) in [5, 5.41) is 7.25. The first-order valence-electron chi connectivity index (χ1n) is 6.46. The molecule has 2 amide bonds. The van der Waals surface area contributed by atoms with Gasteiger partial charge in [-0.15, -0.1) is 5.06 Å². The molecular weight excluding hydrogens is 288 g/mol. The minimum Gasteiger partial charge on any atom is -0.357 e. The molecule has 0 radical (unpaired) electrons. The molecule has 1 aliphatic rings. The van der Waals surface area contributed by atoms with Gasteiger partial charge in [0.05, 0.1) is 5.54 Å². The van der Waals surface area contributed by atoms with Crippen molar-refractivity contribution >= 4 is 6.03 Å². The lowest BCUT2D eigenvalue weighted by Gasteiger charge is -2.27. The molecule has 0 saturated carbocycles. The summed E-state index contributed by atoms with van der Waals surface area (Å²) >= 11 is 0. The molecule has 1 saturated heterocycles. The molecule has 2 N–H and O–H groups in total. The Labute approximate surface area is 130 Å². The minimum atomic E-state index is -0.495. The lowest BCUT2D eigenvalue weighted by atomic mass is 9.96. The number of hydrogen-bond acceptors (Lipinski definition) is 5. The largest absolute Gasteiger partial charge is 0.438 e. The van der Waals surface area contributed by atoms with Gasteiger partial charge in [-0.05, 0) is 27.4 Å². The van der Waals surface area contributed by atoms with Crippen molar-refractivity contribution in [2.45, 2.75) is 59.9 Å². The van der Waals surface area contributed by atoms with Gasteiger partial charge in [-0.2, -0.15) is 0 Å². The molecule has 1 aliphatic heterocycles. The van der Waals surface area contributed by atoms with Gasteiger partial charge in [-0.25, -0.2) is 9.59 Å². The van der Waals surface area contributed by atoms with Gasteiger partial charge < -0.3 is 4.84 Å². The fourth-order valence-electron chi connectivity index (χ4n) is 1.34. The number of aromatic nitrogens is 2. The highest BCUT2D eigenvalue weighted by Crippen LogP contribution is 2.19. The topological polar surface area (TPSA) is 100 Å². The molecule has 8 heteroatoms. The normalized spacial score (nSPS) is 14.5. The molecule has 1 fully saturated rings. The standard InChI is InChI=1S/C7H12N2O2.C6H10N2O2.CH4/c1-5-8-6(10)9(11-5)7(2,3)4;1-6(2,3)4-7-5(9)10-8-4;/h1H2,2-4H3,(H,8,10);1-3H3,(H,7,8,9);1H4. The van der Waals surface area contributed by atoms with Crippen molar-refractivity contribution in [1.82, 2.24) is 20.5 Å². The number of urea groups is 1. The first-order valence-corrected chi connectivity index (χ1v) is 6.46. The molecule has 0 spiro atoms. The summed E-state index contributed by atoms with van der Waals surface area (Å²) in [5.74, 6) is 0.368. The van der Waals surface area contributed by atoms with Crippen molar-refractivity contribution in [3.8, 4) is 0 Å². The van der Waals surface area contributed by atoms with Crippen LogP contribution in [0.1, 0.15) is 54.8 Å². The van der Waals surface area contributed by atoms with Crippen molar-refractivity contribution in [3.05, 3.63) is 28.8 Å².